The summed E-state index contributed by atoms with van der Waals surface area (Å²) in [7, 11) is 1.42. The summed E-state index contributed by atoms with van der Waals surface area (Å²) >= 11 is 1.40. The van der Waals surface area contributed by atoms with E-state index >= 15 is 0 Å². The second-order valence-corrected chi connectivity index (χ2v) is 8.34. The molecule has 0 aliphatic carbocycles. The lowest BCUT2D eigenvalue weighted by atomic mass is 10.1. The van der Waals surface area contributed by atoms with Crippen molar-refractivity contribution < 1.29 is 14.3 Å². The minimum Gasteiger partial charge on any atom is -0.468 e. The zero-order chi connectivity index (χ0) is 20.1. The summed E-state index contributed by atoms with van der Waals surface area (Å²) in [6.07, 6.45) is 0. The van der Waals surface area contributed by atoms with Crippen LogP contribution in [0.25, 0.3) is 0 Å². The largest absolute Gasteiger partial charge is 0.468 e. The number of aryl methyl sites for hydroxylation is 1. The van der Waals surface area contributed by atoms with E-state index < -0.39 is 5.25 Å². The number of thioether (sulfide) groups is 1. The predicted molar refractivity (Wildman–Crippen MR) is 110 cm³/mol. The highest BCUT2D eigenvalue weighted by molar-refractivity contribution is 8.00. The van der Waals surface area contributed by atoms with E-state index in [0.29, 0.717) is 19.1 Å². The maximum Gasteiger partial charge on any atom is 0.323 e. The van der Waals surface area contributed by atoms with Gasteiger partial charge in [0.05, 0.1) is 20.3 Å². The van der Waals surface area contributed by atoms with Gasteiger partial charge in [0, 0.05) is 19.6 Å². The molecule has 28 heavy (non-hydrogen) atoms. The van der Waals surface area contributed by atoms with Crippen molar-refractivity contribution >= 4 is 23.7 Å². The van der Waals surface area contributed by atoms with E-state index in [4.69, 9.17) is 9.47 Å². The van der Waals surface area contributed by atoms with Gasteiger partial charge in [0.25, 0.3) is 0 Å². The number of hydrogen-bond donors (Lipinski definition) is 0. The third-order valence-corrected chi connectivity index (χ3v) is 5.84. The second-order valence-electron chi connectivity index (χ2n) is 7.26. The van der Waals surface area contributed by atoms with Crippen LogP contribution in [0.2, 0.25) is 0 Å². The highest BCUT2D eigenvalue weighted by Gasteiger charge is 2.29. The molecule has 8 heteroatoms. The quantitative estimate of drug-likeness (QED) is 0.519. The van der Waals surface area contributed by atoms with E-state index in [-0.39, 0.29) is 5.97 Å². The maximum atomic E-state index is 12.6. The smallest absolute Gasteiger partial charge is 0.323 e. The SMILES string of the molecule is COC(=O)C(Sc1nnc(N2CCOCC2)n1CC(C)C)c1ccccc1C. The van der Waals surface area contributed by atoms with Crippen molar-refractivity contribution in [2.45, 2.75) is 37.7 Å². The Labute approximate surface area is 170 Å². The van der Waals surface area contributed by atoms with Crippen molar-refractivity contribution in [2.24, 2.45) is 5.92 Å². The van der Waals surface area contributed by atoms with E-state index in [2.05, 4.69) is 33.5 Å². The Morgan fingerprint density at radius 3 is 2.61 bits per heavy atom. The Bertz CT molecular complexity index is 802. The van der Waals surface area contributed by atoms with Crippen molar-refractivity contribution in [3.8, 4) is 0 Å². The molecule has 1 aliphatic rings. The zero-order valence-electron chi connectivity index (χ0n) is 16.9. The molecule has 2 heterocycles. The number of ether oxygens (including phenoxy) is 2. The number of nitrogens with zero attached hydrogens (tertiary/aromatic N) is 4. The highest BCUT2D eigenvalue weighted by Crippen LogP contribution is 2.38. The molecule has 2 aromatic rings. The van der Waals surface area contributed by atoms with Gasteiger partial charge in [-0.1, -0.05) is 49.9 Å². The lowest BCUT2D eigenvalue weighted by Crippen LogP contribution is -2.38. The molecule has 152 valence electrons. The van der Waals surface area contributed by atoms with Gasteiger partial charge in [-0.25, -0.2) is 0 Å². The molecule has 7 nitrogen and oxygen atoms in total. The number of rotatable bonds is 7. The van der Waals surface area contributed by atoms with Crippen LogP contribution in [0.15, 0.2) is 29.4 Å². The molecular weight excluding hydrogens is 376 g/mol. The Morgan fingerprint density at radius 1 is 1.25 bits per heavy atom. The molecule has 1 fully saturated rings. The molecule has 1 aromatic carbocycles. The number of anilines is 1. The van der Waals surface area contributed by atoms with Crippen LogP contribution < -0.4 is 4.90 Å². The third-order valence-electron chi connectivity index (χ3n) is 4.65. The monoisotopic (exact) mass is 404 g/mol. The number of esters is 1. The Kier molecular flexibility index (Phi) is 6.96. The van der Waals surface area contributed by atoms with Crippen LogP contribution >= 0.6 is 11.8 Å². The summed E-state index contributed by atoms with van der Waals surface area (Å²) < 4.78 is 12.7. The average molecular weight is 405 g/mol. The van der Waals surface area contributed by atoms with Crippen LogP contribution in [-0.2, 0) is 20.8 Å². The van der Waals surface area contributed by atoms with E-state index in [1.807, 2.05) is 31.2 Å². The van der Waals surface area contributed by atoms with Crippen LogP contribution in [0.4, 0.5) is 5.95 Å². The zero-order valence-corrected chi connectivity index (χ0v) is 17.7. The van der Waals surface area contributed by atoms with Crippen LogP contribution in [-0.4, -0.2) is 54.1 Å². The molecule has 1 aromatic heterocycles. The Hall–Kier alpha value is -2.06. The molecule has 0 amide bonds. The predicted octanol–water partition coefficient (Wildman–Crippen LogP) is 3.09. The van der Waals surface area contributed by atoms with Crippen LogP contribution in [0.1, 0.15) is 30.2 Å². The second kappa shape index (κ2) is 9.43. The first-order valence-corrected chi connectivity index (χ1v) is 10.4. The van der Waals surface area contributed by atoms with Crippen molar-refractivity contribution in [2.75, 3.05) is 38.3 Å². The van der Waals surface area contributed by atoms with Crippen LogP contribution in [0.3, 0.4) is 0 Å². The summed E-state index contributed by atoms with van der Waals surface area (Å²) in [6, 6.07) is 7.88. The van der Waals surface area contributed by atoms with E-state index in [1.54, 1.807) is 0 Å². The third kappa shape index (κ3) is 4.67. The van der Waals surface area contributed by atoms with Gasteiger partial charge in [0.1, 0.15) is 5.25 Å². The summed E-state index contributed by atoms with van der Waals surface area (Å²) in [5, 5.41) is 9.14. The molecule has 1 atom stereocenters. The maximum absolute atomic E-state index is 12.6. The topological polar surface area (TPSA) is 69.5 Å². The van der Waals surface area contributed by atoms with Gasteiger partial charge in [-0.05, 0) is 24.0 Å². The van der Waals surface area contributed by atoms with Crippen molar-refractivity contribution in [3.05, 3.63) is 35.4 Å². The molecule has 1 aliphatic heterocycles. The Morgan fingerprint density at radius 2 is 1.96 bits per heavy atom. The summed E-state index contributed by atoms with van der Waals surface area (Å²) in [5.74, 6) is 0.976. The average Bonchev–Trinajstić information content (AvgIpc) is 3.08. The summed E-state index contributed by atoms with van der Waals surface area (Å²) in [4.78, 5) is 14.8. The fourth-order valence-electron chi connectivity index (χ4n) is 3.22. The summed E-state index contributed by atoms with van der Waals surface area (Å²) in [5.41, 5.74) is 1.99. The van der Waals surface area contributed by atoms with Crippen LogP contribution in [0.5, 0.6) is 0 Å². The molecule has 0 radical (unpaired) electrons. The number of hydrogen-bond acceptors (Lipinski definition) is 7. The number of methoxy groups -OCH3 is 1. The molecule has 1 saturated heterocycles. The number of carbonyl (C=O) groups excluding carboxylic acids is 1. The van der Waals surface area contributed by atoms with Crippen molar-refractivity contribution in [1.29, 1.82) is 0 Å². The van der Waals surface area contributed by atoms with Gasteiger partial charge in [-0.15, -0.1) is 10.2 Å². The van der Waals surface area contributed by atoms with Crippen molar-refractivity contribution in [3.63, 3.8) is 0 Å². The number of benzene rings is 1. The van der Waals surface area contributed by atoms with E-state index in [1.165, 1.54) is 18.9 Å². The molecule has 0 spiro atoms. The standard InChI is InChI=1S/C20H28N4O3S/c1-14(2)13-24-19(23-9-11-27-12-10-23)21-22-20(24)28-17(18(25)26-4)16-8-6-5-7-15(16)3/h5-8,14,17H,9-13H2,1-4H3. The molecule has 3 rings (SSSR count). The molecular formula is C20H28N4O3S. The fraction of sp³-hybridized carbons (Fsp3) is 0.550. The minimum absolute atomic E-state index is 0.286. The molecule has 0 N–H and O–H groups in total. The number of morpholine rings is 1. The Balaban J connectivity index is 1.95. The fourth-order valence-corrected chi connectivity index (χ4v) is 4.39. The van der Waals surface area contributed by atoms with Gasteiger partial charge in [0.2, 0.25) is 5.95 Å². The first kappa shape index (κ1) is 20.7. The lowest BCUT2D eigenvalue weighted by molar-refractivity contribution is -0.140. The van der Waals surface area contributed by atoms with Gasteiger partial charge in [0.15, 0.2) is 5.16 Å². The van der Waals surface area contributed by atoms with Gasteiger partial charge >= 0.3 is 5.97 Å². The van der Waals surface area contributed by atoms with Gasteiger partial charge < -0.3 is 14.4 Å². The normalized spacial score (nSPS) is 15.7. The number of aromatic nitrogens is 3. The summed E-state index contributed by atoms with van der Waals surface area (Å²) in [6.45, 7) is 10.1. The minimum atomic E-state index is -0.487. The van der Waals surface area contributed by atoms with E-state index in [0.717, 1.165) is 41.9 Å². The lowest BCUT2D eigenvalue weighted by Gasteiger charge is -2.28. The van der Waals surface area contributed by atoms with E-state index in [9.17, 15) is 4.79 Å². The first-order valence-electron chi connectivity index (χ1n) is 9.57. The van der Waals surface area contributed by atoms with Gasteiger partial charge in [-0.2, -0.15) is 0 Å². The van der Waals surface area contributed by atoms with Gasteiger partial charge in [-0.3, -0.25) is 9.36 Å². The van der Waals surface area contributed by atoms with Crippen LogP contribution in [0, 0.1) is 12.8 Å². The molecule has 1 unspecified atom stereocenters. The molecule has 0 saturated carbocycles. The van der Waals surface area contributed by atoms with Crippen molar-refractivity contribution in [1.82, 2.24) is 14.8 Å². The highest BCUT2D eigenvalue weighted by atomic mass is 32.2. The molecule has 0 bridgehead atoms. The first-order chi connectivity index (χ1) is 13.5. The number of carbonyl (C=O) groups is 1.